The summed E-state index contributed by atoms with van der Waals surface area (Å²) in [4.78, 5) is 4.84. The SMILES string of the molecule is CCc1nn(C)cc1-c1nc(C(C)C)n(CC(C)C)c1N. The van der Waals surface area contributed by atoms with Gasteiger partial charge in [0.2, 0.25) is 0 Å². The number of imidazole rings is 1. The molecule has 0 radical (unpaired) electrons. The standard InChI is InChI=1S/C16H27N5/c1-7-13-12(9-20(6)19-13)14-15(17)21(8-10(2)3)16(18-14)11(4)5/h9-11H,7-8,17H2,1-6H3. The molecule has 2 heterocycles. The molecule has 2 N–H and O–H groups in total. The van der Waals surface area contributed by atoms with Gasteiger partial charge in [0.05, 0.1) is 5.69 Å². The second-order valence-corrected chi connectivity index (χ2v) is 6.38. The van der Waals surface area contributed by atoms with Gasteiger partial charge < -0.3 is 10.3 Å². The van der Waals surface area contributed by atoms with E-state index in [1.165, 1.54) is 0 Å². The highest BCUT2D eigenvalue weighted by Crippen LogP contribution is 2.32. The van der Waals surface area contributed by atoms with E-state index in [0.717, 1.165) is 41.6 Å². The second kappa shape index (κ2) is 5.92. The largest absolute Gasteiger partial charge is 0.383 e. The lowest BCUT2D eigenvalue weighted by Gasteiger charge is -2.14. The van der Waals surface area contributed by atoms with Gasteiger partial charge in [-0.15, -0.1) is 0 Å². The number of hydrogen-bond acceptors (Lipinski definition) is 3. The highest BCUT2D eigenvalue weighted by atomic mass is 15.3. The summed E-state index contributed by atoms with van der Waals surface area (Å²) in [6.45, 7) is 11.7. The number of nitrogen functional groups attached to an aromatic ring is 1. The van der Waals surface area contributed by atoms with E-state index >= 15 is 0 Å². The van der Waals surface area contributed by atoms with Gasteiger partial charge in [-0.1, -0.05) is 34.6 Å². The molecule has 0 amide bonds. The van der Waals surface area contributed by atoms with Crippen LogP contribution in [0.2, 0.25) is 0 Å². The van der Waals surface area contributed by atoms with Crippen LogP contribution in [-0.2, 0) is 20.0 Å². The minimum Gasteiger partial charge on any atom is -0.383 e. The van der Waals surface area contributed by atoms with Crippen LogP contribution < -0.4 is 5.73 Å². The van der Waals surface area contributed by atoms with Gasteiger partial charge in [0.1, 0.15) is 17.3 Å². The Bertz CT molecular complexity index is 619. The summed E-state index contributed by atoms with van der Waals surface area (Å²) in [5, 5.41) is 4.50. The molecule has 2 aromatic heterocycles. The average molecular weight is 289 g/mol. The molecule has 0 aromatic carbocycles. The van der Waals surface area contributed by atoms with Crippen molar-refractivity contribution in [3.63, 3.8) is 0 Å². The van der Waals surface area contributed by atoms with Crippen LogP contribution in [0, 0.1) is 5.92 Å². The van der Waals surface area contributed by atoms with Gasteiger partial charge in [0, 0.05) is 31.3 Å². The predicted molar refractivity (Wildman–Crippen MR) is 87.1 cm³/mol. The van der Waals surface area contributed by atoms with Crippen LogP contribution in [0.15, 0.2) is 6.20 Å². The molecule has 5 heteroatoms. The first kappa shape index (κ1) is 15.6. The van der Waals surface area contributed by atoms with E-state index < -0.39 is 0 Å². The molecule has 2 aromatic rings. The van der Waals surface area contributed by atoms with Crippen LogP contribution >= 0.6 is 0 Å². The molecule has 0 bridgehead atoms. The quantitative estimate of drug-likeness (QED) is 0.919. The van der Waals surface area contributed by atoms with Crippen LogP contribution in [0.1, 0.15) is 52.1 Å². The van der Waals surface area contributed by atoms with Crippen LogP contribution in [0.4, 0.5) is 5.82 Å². The van der Waals surface area contributed by atoms with E-state index in [4.69, 9.17) is 10.7 Å². The summed E-state index contributed by atoms with van der Waals surface area (Å²) in [7, 11) is 1.94. The maximum Gasteiger partial charge on any atom is 0.131 e. The molecule has 0 atom stereocenters. The zero-order chi connectivity index (χ0) is 15.7. The van der Waals surface area contributed by atoms with Crippen molar-refractivity contribution in [1.82, 2.24) is 19.3 Å². The summed E-state index contributed by atoms with van der Waals surface area (Å²) in [6, 6.07) is 0. The van der Waals surface area contributed by atoms with Gasteiger partial charge in [0.25, 0.3) is 0 Å². The maximum atomic E-state index is 6.42. The van der Waals surface area contributed by atoms with Gasteiger partial charge in [-0.25, -0.2) is 4.98 Å². The third-order valence-electron chi connectivity index (χ3n) is 3.60. The third-order valence-corrected chi connectivity index (χ3v) is 3.60. The van der Waals surface area contributed by atoms with Gasteiger partial charge in [-0.3, -0.25) is 4.68 Å². The summed E-state index contributed by atoms with van der Waals surface area (Å²) >= 11 is 0. The van der Waals surface area contributed by atoms with Crippen molar-refractivity contribution in [2.75, 3.05) is 5.73 Å². The molecule has 21 heavy (non-hydrogen) atoms. The topological polar surface area (TPSA) is 61.7 Å². The van der Waals surface area contributed by atoms with Crippen molar-refractivity contribution in [2.24, 2.45) is 13.0 Å². The molecule has 0 aliphatic rings. The first-order chi connectivity index (χ1) is 9.85. The highest BCUT2D eigenvalue weighted by Gasteiger charge is 2.21. The van der Waals surface area contributed by atoms with E-state index in [9.17, 15) is 0 Å². The van der Waals surface area contributed by atoms with E-state index in [2.05, 4.69) is 44.3 Å². The molecular weight excluding hydrogens is 262 g/mol. The van der Waals surface area contributed by atoms with Crippen molar-refractivity contribution in [1.29, 1.82) is 0 Å². The number of hydrogen-bond donors (Lipinski definition) is 1. The Morgan fingerprint density at radius 3 is 2.43 bits per heavy atom. The highest BCUT2D eigenvalue weighted by molar-refractivity contribution is 5.72. The fourth-order valence-electron chi connectivity index (χ4n) is 2.67. The Morgan fingerprint density at radius 1 is 1.24 bits per heavy atom. The van der Waals surface area contributed by atoms with Gasteiger partial charge >= 0.3 is 0 Å². The Kier molecular flexibility index (Phi) is 4.40. The Balaban J connectivity index is 2.59. The first-order valence-corrected chi connectivity index (χ1v) is 7.73. The lowest BCUT2D eigenvalue weighted by Crippen LogP contribution is -2.12. The smallest absolute Gasteiger partial charge is 0.131 e. The second-order valence-electron chi connectivity index (χ2n) is 6.38. The van der Waals surface area contributed by atoms with Crippen molar-refractivity contribution < 1.29 is 0 Å². The fraction of sp³-hybridized carbons (Fsp3) is 0.625. The minimum absolute atomic E-state index is 0.349. The van der Waals surface area contributed by atoms with E-state index in [1.54, 1.807) is 0 Å². The van der Waals surface area contributed by atoms with Crippen LogP contribution in [-0.4, -0.2) is 19.3 Å². The van der Waals surface area contributed by atoms with Crippen molar-refractivity contribution >= 4 is 5.82 Å². The molecule has 5 nitrogen and oxygen atoms in total. The van der Waals surface area contributed by atoms with E-state index in [1.807, 2.05) is 17.9 Å². The molecule has 0 unspecified atom stereocenters. The van der Waals surface area contributed by atoms with Crippen molar-refractivity contribution in [3.05, 3.63) is 17.7 Å². The predicted octanol–water partition coefficient (Wildman–Crippen LogP) is 3.21. The molecule has 0 saturated heterocycles. The molecule has 0 fully saturated rings. The first-order valence-electron chi connectivity index (χ1n) is 7.73. The molecule has 2 rings (SSSR count). The Morgan fingerprint density at radius 2 is 1.90 bits per heavy atom. The van der Waals surface area contributed by atoms with Gasteiger partial charge in [-0.2, -0.15) is 5.10 Å². The van der Waals surface area contributed by atoms with Crippen LogP contribution in [0.25, 0.3) is 11.3 Å². The minimum atomic E-state index is 0.349. The Hall–Kier alpha value is -1.78. The monoisotopic (exact) mass is 289 g/mol. The average Bonchev–Trinajstić information content (AvgIpc) is 2.91. The number of rotatable bonds is 5. The van der Waals surface area contributed by atoms with Crippen LogP contribution in [0.5, 0.6) is 0 Å². The van der Waals surface area contributed by atoms with Crippen molar-refractivity contribution in [2.45, 2.75) is 53.5 Å². The van der Waals surface area contributed by atoms with E-state index in [-0.39, 0.29) is 0 Å². The van der Waals surface area contributed by atoms with Gasteiger partial charge in [0.15, 0.2) is 0 Å². The van der Waals surface area contributed by atoms with Gasteiger partial charge in [-0.05, 0) is 12.3 Å². The molecular formula is C16H27N5. The zero-order valence-corrected chi connectivity index (χ0v) is 14.0. The zero-order valence-electron chi connectivity index (χ0n) is 14.0. The maximum absolute atomic E-state index is 6.42. The number of nitrogens with zero attached hydrogens (tertiary/aromatic N) is 4. The number of nitrogens with two attached hydrogens (primary N) is 1. The molecule has 0 aliphatic carbocycles. The summed E-state index contributed by atoms with van der Waals surface area (Å²) in [5.74, 6) is 2.70. The molecule has 0 saturated carbocycles. The summed E-state index contributed by atoms with van der Waals surface area (Å²) < 4.78 is 4.00. The normalized spacial score (nSPS) is 11.8. The molecule has 0 spiro atoms. The Labute approximate surface area is 127 Å². The number of aryl methyl sites for hydroxylation is 2. The lowest BCUT2D eigenvalue weighted by atomic mass is 10.1. The third kappa shape index (κ3) is 2.96. The van der Waals surface area contributed by atoms with Crippen molar-refractivity contribution in [3.8, 4) is 11.3 Å². The summed E-state index contributed by atoms with van der Waals surface area (Å²) in [6.07, 6.45) is 2.89. The number of aromatic nitrogens is 4. The van der Waals surface area contributed by atoms with E-state index in [0.29, 0.717) is 11.8 Å². The molecule has 0 aliphatic heterocycles. The number of anilines is 1. The molecule has 116 valence electrons. The summed E-state index contributed by atoms with van der Waals surface area (Å²) in [5.41, 5.74) is 9.40. The van der Waals surface area contributed by atoms with Crippen LogP contribution in [0.3, 0.4) is 0 Å². The fourth-order valence-corrected chi connectivity index (χ4v) is 2.67. The lowest BCUT2D eigenvalue weighted by molar-refractivity contribution is 0.502.